The fourth-order valence-electron chi connectivity index (χ4n) is 1.72. The molecule has 0 aliphatic heterocycles. The van der Waals surface area contributed by atoms with Gasteiger partial charge in [-0.15, -0.1) is 0 Å². The van der Waals surface area contributed by atoms with E-state index in [2.05, 4.69) is 19.0 Å². The fourth-order valence-corrected chi connectivity index (χ4v) is 1.94. The Morgan fingerprint density at radius 3 is 2.33 bits per heavy atom. The lowest BCUT2D eigenvalue weighted by Crippen LogP contribution is -2.24. The summed E-state index contributed by atoms with van der Waals surface area (Å²) in [5, 5.41) is 11.9. The van der Waals surface area contributed by atoms with Crippen LogP contribution in [-0.4, -0.2) is 10.4 Å². The maximum atomic E-state index is 8.47. The van der Waals surface area contributed by atoms with E-state index in [1.54, 1.807) is 0 Å². The smallest absolute Gasteiger partial charge is 0.148 e. The topological polar surface area (TPSA) is 32.6 Å². The Labute approximate surface area is 78.6 Å². The molecule has 0 aromatic carbocycles. The van der Waals surface area contributed by atoms with Gasteiger partial charge in [-0.05, 0) is 31.1 Å². The highest BCUT2D eigenvalue weighted by molar-refractivity contribution is 6.65. The standard InChI is InChI=1S/C9H16ClNO/c1-9(2)5-3-7(4-6-9)8(10)11-12/h7,12H,3-6H2,1-2H3/b11-8-. The predicted octanol–water partition coefficient (Wildman–Crippen LogP) is 3.23. The molecule has 1 fully saturated rings. The minimum atomic E-state index is 0.296. The van der Waals surface area contributed by atoms with Gasteiger partial charge in [0.05, 0.1) is 0 Å². The zero-order valence-electron chi connectivity index (χ0n) is 7.68. The lowest BCUT2D eigenvalue weighted by atomic mass is 9.73. The molecule has 0 amide bonds. The quantitative estimate of drug-likeness (QED) is 0.384. The summed E-state index contributed by atoms with van der Waals surface area (Å²) in [6.45, 7) is 4.54. The molecule has 1 rings (SSSR count). The van der Waals surface area contributed by atoms with E-state index in [0.717, 1.165) is 12.8 Å². The van der Waals surface area contributed by atoms with Crippen molar-refractivity contribution < 1.29 is 5.21 Å². The van der Waals surface area contributed by atoms with Crippen molar-refractivity contribution in [3.05, 3.63) is 0 Å². The number of oxime groups is 1. The summed E-state index contributed by atoms with van der Waals surface area (Å²) < 4.78 is 0. The van der Waals surface area contributed by atoms with Crippen LogP contribution < -0.4 is 0 Å². The van der Waals surface area contributed by atoms with Gasteiger partial charge in [0.1, 0.15) is 5.17 Å². The van der Waals surface area contributed by atoms with Gasteiger partial charge in [-0.3, -0.25) is 0 Å². The predicted molar refractivity (Wildman–Crippen MR) is 50.8 cm³/mol. The Hall–Kier alpha value is -0.240. The summed E-state index contributed by atoms with van der Waals surface area (Å²) in [5.41, 5.74) is 0.448. The molecule has 0 heterocycles. The van der Waals surface area contributed by atoms with Crippen LogP contribution in [0.1, 0.15) is 39.5 Å². The number of hydrogen-bond donors (Lipinski definition) is 1. The number of hydrogen-bond acceptors (Lipinski definition) is 2. The molecule has 1 N–H and O–H groups in total. The van der Waals surface area contributed by atoms with Crippen LogP contribution >= 0.6 is 11.6 Å². The van der Waals surface area contributed by atoms with Gasteiger partial charge in [-0.1, -0.05) is 30.6 Å². The summed E-state index contributed by atoms with van der Waals surface area (Å²) in [6, 6.07) is 0. The molecular weight excluding hydrogens is 174 g/mol. The highest BCUT2D eigenvalue weighted by Gasteiger charge is 2.28. The highest BCUT2D eigenvalue weighted by atomic mass is 35.5. The van der Waals surface area contributed by atoms with Gasteiger partial charge in [-0.25, -0.2) is 0 Å². The van der Waals surface area contributed by atoms with E-state index in [-0.39, 0.29) is 0 Å². The Balaban J connectivity index is 2.47. The SMILES string of the molecule is CC1(C)CCC(/C(Cl)=N/O)CC1. The third-order valence-corrected chi connectivity index (χ3v) is 3.16. The molecule has 70 valence electrons. The van der Waals surface area contributed by atoms with Crippen LogP contribution in [0.3, 0.4) is 0 Å². The molecule has 0 aromatic rings. The van der Waals surface area contributed by atoms with Gasteiger partial charge in [-0.2, -0.15) is 0 Å². The van der Waals surface area contributed by atoms with Crippen molar-refractivity contribution in [1.82, 2.24) is 0 Å². The van der Waals surface area contributed by atoms with Crippen molar-refractivity contribution in [1.29, 1.82) is 0 Å². The molecule has 0 saturated heterocycles. The fraction of sp³-hybridized carbons (Fsp3) is 0.889. The van der Waals surface area contributed by atoms with E-state index in [1.807, 2.05) is 0 Å². The van der Waals surface area contributed by atoms with Crippen LogP contribution in [0.5, 0.6) is 0 Å². The maximum absolute atomic E-state index is 8.47. The average molecular weight is 190 g/mol. The van der Waals surface area contributed by atoms with Crippen molar-refractivity contribution in [3.8, 4) is 0 Å². The lowest BCUT2D eigenvalue weighted by molar-refractivity contribution is 0.218. The number of rotatable bonds is 1. The van der Waals surface area contributed by atoms with Crippen LogP contribution in [0.4, 0.5) is 0 Å². The number of halogens is 1. The van der Waals surface area contributed by atoms with Crippen LogP contribution in [-0.2, 0) is 0 Å². The summed E-state index contributed by atoms with van der Waals surface area (Å²) in [4.78, 5) is 0. The van der Waals surface area contributed by atoms with Crippen molar-refractivity contribution in [2.45, 2.75) is 39.5 Å². The largest absolute Gasteiger partial charge is 0.410 e. The van der Waals surface area contributed by atoms with E-state index in [0.29, 0.717) is 16.5 Å². The Morgan fingerprint density at radius 2 is 1.92 bits per heavy atom. The van der Waals surface area contributed by atoms with Crippen LogP contribution in [0.2, 0.25) is 0 Å². The van der Waals surface area contributed by atoms with E-state index >= 15 is 0 Å². The zero-order valence-corrected chi connectivity index (χ0v) is 8.43. The van der Waals surface area contributed by atoms with Crippen molar-refractivity contribution in [2.24, 2.45) is 16.5 Å². The highest BCUT2D eigenvalue weighted by Crippen LogP contribution is 2.38. The summed E-state index contributed by atoms with van der Waals surface area (Å²) >= 11 is 5.74. The van der Waals surface area contributed by atoms with Crippen molar-refractivity contribution in [2.75, 3.05) is 0 Å². The maximum Gasteiger partial charge on any atom is 0.148 e. The van der Waals surface area contributed by atoms with Gasteiger partial charge >= 0.3 is 0 Å². The molecule has 1 aliphatic rings. The number of nitrogens with zero attached hydrogens (tertiary/aromatic N) is 1. The van der Waals surface area contributed by atoms with E-state index < -0.39 is 0 Å². The van der Waals surface area contributed by atoms with Crippen molar-refractivity contribution in [3.63, 3.8) is 0 Å². The summed E-state index contributed by atoms with van der Waals surface area (Å²) in [7, 11) is 0. The summed E-state index contributed by atoms with van der Waals surface area (Å²) in [6.07, 6.45) is 4.44. The van der Waals surface area contributed by atoms with Gasteiger partial charge in [0.25, 0.3) is 0 Å². The van der Waals surface area contributed by atoms with Crippen LogP contribution in [0.25, 0.3) is 0 Å². The van der Waals surface area contributed by atoms with E-state index in [1.165, 1.54) is 12.8 Å². The molecule has 0 spiro atoms. The first-order chi connectivity index (χ1) is 5.55. The lowest BCUT2D eigenvalue weighted by Gasteiger charge is -2.33. The normalized spacial score (nSPS) is 25.8. The molecule has 0 atom stereocenters. The molecule has 3 heteroatoms. The monoisotopic (exact) mass is 189 g/mol. The Morgan fingerprint density at radius 1 is 1.42 bits per heavy atom. The first-order valence-corrected chi connectivity index (χ1v) is 4.80. The average Bonchev–Trinajstić information content (AvgIpc) is 2.03. The molecule has 1 aliphatic carbocycles. The molecule has 0 bridgehead atoms. The molecule has 0 aromatic heterocycles. The van der Waals surface area contributed by atoms with Gasteiger partial charge in [0.15, 0.2) is 0 Å². The molecule has 0 unspecified atom stereocenters. The zero-order chi connectivity index (χ0) is 9.19. The van der Waals surface area contributed by atoms with Gasteiger partial charge in [0.2, 0.25) is 0 Å². The second kappa shape index (κ2) is 3.65. The van der Waals surface area contributed by atoms with E-state index in [9.17, 15) is 0 Å². The third kappa shape index (κ3) is 2.37. The van der Waals surface area contributed by atoms with Gasteiger partial charge in [0, 0.05) is 5.92 Å². The molecular formula is C9H16ClNO. The molecule has 1 saturated carbocycles. The minimum Gasteiger partial charge on any atom is -0.410 e. The molecule has 2 nitrogen and oxygen atoms in total. The Kier molecular flexibility index (Phi) is 2.99. The molecule has 12 heavy (non-hydrogen) atoms. The Bertz CT molecular complexity index is 179. The second-order valence-electron chi connectivity index (χ2n) is 4.36. The summed E-state index contributed by atoms with van der Waals surface area (Å²) in [5.74, 6) is 0.296. The molecule has 0 radical (unpaired) electrons. The first-order valence-electron chi connectivity index (χ1n) is 4.42. The second-order valence-corrected chi connectivity index (χ2v) is 4.75. The van der Waals surface area contributed by atoms with Gasteiger partial charge < -0.3 is 5.21 Å². The third-order valence-electron chi connectivity index (χ3n) is 2.77. The van der Waals surface area contributed by atoms with Crippen LogP contribution in [0.15, 0.2) is 5.16 Å². The minimum absolute atomic E-state index is 0.296. The van der Waals surface area contributed by atoms with E-state index in [4.69, 9.17) is 16.8 Å². The van der Waals surface area contributed by atoms with Crippen molar-refractivity contribution >= 4 is 16.8 Å². The first kappa shape index (κ1) is 9.85. The van der Waals surface area contributed by atoms with Crippen LogP contribution in [0, 0.1) is 11.3 Å².